The van der Waals surface area contributed by atoms with E-state index in [2.05, 4.69) is 93.7 Å². The fraction of sp³-hybridized carbons (Fsp3) is 0.795. The Morgan fingerprint density at radius 1 is 0.266 bits per heavy atom. The van der Waals surface area contributed by atoms with E-state index in [1.165, 1.54) is 225 Å². The molecule has 0 radical (unpaired) electrons. The van der Waals surface area contributed by atoms with Crippen molar-refractivity contribution in [1.29, 1.82) is 0 Å². The number of ether oxygens (including phenoxy) is 3. The van der Waals surface area contributed by atoms with Crippen molar-refractivity contribution in [3.8, 4) is 0 Å². The van der Waals surface area contributed by atoms with Gasteiger partial charge < -0.3 is 14.2 Å². The number of esters is 3. The molecular weight excluding hydrogens is 973 g/mol. The van der Waals surface area contributed by atoms with Crippen LogP contribution in [-0.2, 0) is 28.6 Å². The van der Waals surface area contributed by atoms with Gasteiger partial charge in [-0.05, 0) is 109 Å². The molecule has 0 N–H and O–H groups in total. The van der Waals surface area contributed by atoms with Crippen LogP contribution in [0.25, 0.3) is 0 Å². The SMILES string of the molecule is CC/C=C\C/C=C\C/C=C\C/C=C\CCCCCCCCCCCCCCCCCCC(=O)OCC(COC(=O)CCCCCCC/C=C\CCCCCCC)OC(=O)CCCCCCCCC/C=C\CCCCCCCCC. The minimum atomic E-state index is -0.780. The summed E-state index contributed by atoms with van der Waals surface area (Å²) in [6.45, 7) is 6.55. The predicted molar refractivity (Wildman–Crippen MR) is 344 cm³/mol. The third-order valence-electron chi connectivity index (χ3n) is 15.2. The Hall–Kier alpha value is -3.15. The van der Waals surface area contributed by atoms with Crippen molar-refractivity contribution in [1.82, 2.24) is 0 Å². The van der Waals surface area contributed by atoms with Gasteiger partial charge in [-0.1, -0.05) is 299 Å². The van der Waals surface area contributed by atoms with Crippen LogP contribution in [0, 0.1) is 0 Å². The summed E-state index contributed by atoms with van der Waals surface area (Å²) in [5.41, 5.74) is 0. The van der Waals surface area contributed by atoms with Gasteiger partial charge in [0.25, 0.3) is 0 Å². The second-order valence-corrected chi connectivity index (χ2v) is 23.1. The molecule has 0 aliphatic carbocycles. The second-order valence-electron chi connectivity index (χ2n) is 23.1. The number of carbonyl (C=O) groups is 3. The quantitative estimate of drug-likeness (QED) is 0.0261. The van der Waals surface area contributed by atoms with Crippen molar-refractivity contribution in [2.75, 3.05) is 13.2 Å². The maximum atomic E-state index is 12.9. The maximum Gasteiger partial charge on any atom is 0.306 e. The number of hydrogen-bond acceptors (Lipinski definition) is 6. The minimum Gasteiger partial charge on any atom is -0.462 e. The van der Waals surface area contributed by atoms with Gasteiger partial charge in [0.15, 0.2) is 6.10 Å². The van der Waals surface area contributed by atoms with E-state index in [0.29, 0.717) is 19.3 Å². The van der Waals surface area contributed by atoms with E-state index >= 15 is 0 Å². The highest BCUT2D eigenvalue weighted by molar-refractivity contribution is 5.71. The Morgan fingerprint density at radius 3 is 0.785 bits per heavy atom. The highest BCUT2D eigenvalue weighted by Gasteiger charge is 2.19. The topological polar surface area (TPSA) is 78.9 Å². The van der Waals surface area contributed by atoms with Gasteiger partial charge in [-0.15, -0.1) is 0 Å². The fourth-order valence-corrected chi connectivity index (χ4v) is 10.0. The maximum absolute atomic E-state index is 12.9. The van der Waals surface area contributed by atoms with Crippen molar-refractivity contribution >= 4 is 17.9 Å². The van der Waals surface area contributed by atoms with E-state index in [0.717, 1.165) is 89.9 Å². The van der Waals surface area contributed by atoms with Crippen LogP contribution in [0.4, 0.5) is 0 Å². The van der Waals surface area contributed by atoms with Gasteiger partial charge in [0.1, 0.15) is 13.2 Å². The van der Waals surface area contributed by atoms with E-state index in [4.69, 9.17) is 14.2 Å². The summed E-state index contributed by atoms with van der Waals surface area (Å²) < 4.78 is 17.0. The Morgan fingerprint density at radius 2 is 0.494 bits per heavy atom. The lowest BCUT2D eigenvalue weighted by Crippen LogP contribution is -2.30. The van der Waals surface area contributed by atoms with Crippen molar-refractivity contribution in [2.24, 2.45) is 0 Å². The van der Waals surface area contributed by atoms with Gasteiger partial charge in [0.05, 0.1) is 0 Å². The highest BCUT2D eigenvalue weighted by atomic mass is 16.6. The molecule has 1 unspecified atom stereocenters. The minimum absolute atomic E-state index is 0.0762. The fourth-order valence-electron chi connectivity index (χ4n) is 10.0. The second kappa shape index (κ2) is 67.4. The molecule has 0 amide bonds. The molecule has 79 heavy (non-hydrogen) atoms. The standard InChI is InChI=1S/C73H130O6/c1-4-7-10-13-16-19-22-25-28-30-32-33-34-35-36-37-38-39-40-41-42-44-45-48-51-54-57-60-63-66-72(75)78-69-70(68-77-71(74)65-62-59-56-53-50-47-27-24-21-18-15-12-9-6-3)79-73(76)67-64-61-58-55-52-49-46-43-31-29-26-23-20-17-14-11-8-5-2/h7,10,16,19,24-25,27-29,31-33,70H,4-6,8-9,11-15,17-18,20-23,26,30,34-69H2,1-3H3/b10-7-,19-16-,27-24-,28-25-,31-29-,33-32-. The van der Waals surface area contributed by atoms with Crippen LogP contribution in [0.3, 0.4) is 0 Å². The third kappa shape index (κ3) is 65.5. The van der Waals surface area contributed by atoms with Crippen LogP contribution in [0.5, 0.6) is 0 Å². The zero-order chi connectivity index (χ0) is 57.1. The molecule has 0 fully saturated rings. The van der Waals surface area contributed by atoms with E-state index in [1.807, 2.05) is 0 Å². The summed E-state index contributed by atoms with van der Waals surface area (Å²) in [6.07, 6.45) is 87.8. The third-order valence-corrected chi connectivity index (χ3v) is 15.2. The molecule has 0 aliphatic heterocycles. The average Bonchev–Trinajstić information content (AvgIpc) is 3.45. The Labute approximate surface area is 491 Å². The molecule has 1 atom stereocenters. The zero-order valence-corrected chi connectivity index (χ0v) is 52.6. The summed E-state index contributed by atoms with van der Waals surface area (Å²) in [6, 6.07) is 0. The van der Waals surface area contributed by atoms with Crippen LogP contribution in [0.15, 0.2) is 72.9 Å². The number of rotatable bonds is 63. The molecule has 0 aliphatic rings. The number of hydrogen-bond donors (Lipinski definition) is 0. The molecule has 458 valence electrons. The monoisotopic (exact) mass is 1100 g/mol. The van der Waals surface area contributed by atoms with E-state index < -0.39 is 6.10 Å². The summed E-state index contributed by atoms with van der Waals surface area (Å²) in [5.74, 6) is -0.870. The average molecular weight is 1100 g/mol. The van der Waals surface area contributed by atoms with E-state index in [9.17, 15) is 14.4 Å². The molecule has 0 spiro atoms. The molecule has 0 aromatic carbocycles. The molecule has 0 bridgehead atoms. The van der Waals surface area contributed by atoms with Crippen LogP contribution < -0.4 is 0 Å². The molecule has 0 saturated heterocycles. The largest absolute Gasteiger partial charge is 0.462 e. The van der Waals surface area contributed by atoms with Crippen molar-refractivity contribution in [3.05, 3.63) is 72.9 Å². The Balaban J connectivity index is 4.24. The van der Waals surface area contributed by atoms with E-state index in [-0.39, 0.29) is 31.1 Å². The number of allylic oxidation sites excluding steroid dienone is 12. The van der Waals surface area contributed by atoms with Crippen LogP contribution in [-0.4, -0.2) is 37.2 Å². The number of carbonyl (C=O) groups excluding carboxylic acids is 3. The predicted octanol–water partition coefficient (Wildman–Crippen LogP) is 23.7. The smallest absolute Gasteiger partial charge is 0.306 e. The van der Waals surface area contributed by atoms with Crippen LogP contribution in [0.2, 0.25) is 0 Å². The number of unbranched alkanes of at least 4 members (excludes halogenated alkanes) is 40. The normalized spacial score (nSPS) is 12.5. The molecule has 0 saturated carbocycles. The summed E-state index contributed by atoms with van der Waals surface area (Å²) in [7, 11) is 0. The lowest BCUT2D eigenvalue weighted by Gasteiger charge is -2.18. The van der Waals surface area contributed by atoms with Gasteiger partial charge in [-0.2, -0.15) is 0 Å². The van der Waals surface area contributed by atoms with Gasteiger partial charge >= 0.3 is 17.9 Å². The lowest BCUT2D eigenvalue weighted by atomic mass is 10.0. The van der Waals surface area contributed by atoms with Crippen LogP contribution in [0.1, 0.15) is 355 Å². The molecule has 0 heterocycles. The van der Waals surface area contributed by atoms with Gasteiger partial charge in [0, 0.05) is 19.3 Å². The Kier molecular flexibility index (Phi) is 64.7. The molecule has 0 aromatic heterocycles. The van der Waals surface area contributed by atoms with E-state index in [1.54, 1.807) is 0 Å². The van der Waals surface area contributed by atoms with Gasteiger partial charge in [-0.3, -0.25) is 14.4 Å². The summed E-state index contributed by atoms with van der Waals surface area (Å²) >= 11 is 0. The molecule has 6 nitrogen and oxygen atoms in total. The first-order valence-corrected chi connectivity index (χ1v) is 34.4. The lowest BCUT2D eigenvalue weighted by molar-refractivity contribution is -0.167. The summed E-state index contributed by atoms with van der Waals surface area (Å²) in [5, 5.41) is 0. The van der Waals surface area contributed by atoms with Crippen molar-refractivity contribution < 1.29 is 28.6 Å². The molecule has 6 heteroatoms. The first kappa shape index (κ1) is 75.8. The first-order valence-electron chi connectivity index (χ1n) is 34.4. The zero-order valence-electron chi connectivity index (χ0n) is 52.6. The van der Waals surface area contributed by atoms with Crippen molar-refractivity contribution in [2.45, 2.75) is 361 Å². The molecule has 0 rings (SSSR count). The van der Waals surface area contributed by atoms with Gasteiger partial charge in [-0.25, -0.2) is 0 Å². The van der Waals surface area contributed by atoms with Crippen LogP contribution >= 0.6 is 0 Å². The van der Waals surface area contributed by atoms with Gasteiger partial charge in [0.2, 0.25) is 0 Å². The molecular formula is C73H130O6. The highest BCUT2D eigenvalue weighted by Crippen LogP contribution is 2.17. The molecule has 0 aromatic rings. The van der Waals surface area contributed by atoms with Crippen molar-refractivity contribution in [3.63, 3.8) is 0 Å². The Bertz CT molecular complexity index is 1450. The first-order chi connectivity index (χ1) is 39.0. The summed E-state index contributed by atoms with van der Waals surface area (Å²) in [4.78, 5) is 38.4.